The highest BCUT2D eigenvalue weighted by molar-refractivity contribution is 7.20. The van der Waals surface area contributed by atoms with Gasteiger partial charge in [0.1, 0.15) is 10.7 Å². The molecule has 1 heterocycles. The lowest BCUT2D eigenvalue weighted by Crippen LogP contribution is -2.21. The normalized spacial score (nSPS) is 10.8. The molecule has 0 fully saturated rings. The first kappa shape index (κ1) is 18.1. The van der Waals surface area contributed by atoms with E-state index in [1.165, 1.54) is 12.1 Å². The zero-order valence-electron chi connectivity index (χ0n) is 14.7. The van der Waals surface area contributed by atoms with E-state index >= 15 is 0 Å². The number of rotatable bonds is 4. The number of anilines is 1. The zero-order valence-corrected chi connectivity index (χ0v) is 15.5. The third-order valence-corrected chi connectivity index (χ3v) is 5.07. The van der Waals surface area contributed by atoms with Crippen LogP contribution in [0.2, 0.25) is 0 Å². The largest absolute Gasteiger partial charge is 0.451 e. The van der Waals surface area contributed by atoms with Gasteiger partial charge in [0.25, 0.3) is 5.91 Å². The minimum atomic E-state index is -0.641. The van der Waals surface area contributed by atoms with E-state index in [4.69, 9.17) is 4.74 Å². The van der Waals surface area contributed by atoms with Gasteiger partial charge in [0.2, 0.25) is 0 Å². The van der Waals surface area contributed by atoms with Gasteiger partial charge < -0.3 is 10.1 Å². The Bertz CT molecular complexity index is 986. The number of hydrogen-bond donors (Lipinski definition) is 1. The van der Waals surface area contributed by atoms with Crippen molar-refractivity contribution in [3.63, 3.8) is 0 Å². The van der Waals surface area contributed by atoms with Gasteiger partial charge in [0.15, 0.2) is 6.61 Å². The van der Waals surface area contributed by atoms with Crippen LogP contribution < -0.4 is 5.32 Å². The van der Waals surface area contributed by atoms with Crippen molar-refractivity contribution in [2.24, 2.45) is 0 Å². The average Bonchev–Trinajstić information content (AvgIpc) is 3.01. The lowest BCUT2D eigenvalue weighted by Gasteiger charge is -2.12. The maximum absolute atomic E-state index is 13.7. The van der Waals surface area contributed by atoms with Gasteiger partial charge in [-0.25, -0.2) is 9.18 Å². The first-order valence-corrected chi connectivity index (χ1v) is 8.89. The Morgan fingerprint density at radius 2 is 1.81 bits per heavy atom. The third-order valence-electron chi connectivity index (χ3n) is 3.99. The van der Waals surface area contributed by atoms with Crippen molar-refractivity contribution in [2.75, 3.05) is 11.9 Å². The van der Waals surface area contributed by atoms with Crippen LogP contribution in [0.1, 0.15) is 26.4 Å². The highest BCUT2D eigenvalue weighted by atomic mass is 32.1. The number of ether oxygens (including phenoxy) is 1. The Morgan fingerprint density at radius 3 is 2.46 bits per heavy atom. The first-order chi connectivity index (χ1) is 12.3. The van der Waals surface area contributed by atoms with Crippen molar-refractivity contribution in [3.8, 4) is 0 Å². The highest BCUT2D eigenvalue weighted by Gasteiger charge is 2.16. The van der Waals surface area contributed by atoms with Gasteiger partial charge in [-0.1, -0.05) is 23.8 Å². The van der Waals surface area contributed by atoms with Gasteiger partial charge in [-0.3, -0.25) is 4.79 Å². The number of aryl methyl sites for hydroxylation is 3. The highest BCUT2D eigenvalue weighted by Crippen LogP contribution is 2.28. The third kappa shape index (κ3) is 3.75. The van der Waals surface area contributed by atoms with Crippen LogP contribution in [0.4, 0.5) is 10.1 Å². The van der Waals surface area contributed by atoms with Gasteiger partial charge in [-0.05, 0) is 50.1 Å². The summed E-state index contributed by atoms with van der Waals surface area (Å²) in [5.41, 5.74) is 3.73. The number of halogens is 1. The van der Waals surface area contributed by atoms with Crippen LogP contribution in [-0.2, 0) is 9.53 Å². The molecule has 6 heteroatoms. The van der Waals surface area contributed by atoms with Crippen LogP contribution in [-0.4, -0.2) is 18.5 Å². The Morgan fingerprint density at radius 1 is 1.12 bits per heavy atom. The van der Waals surface area contributed by atoms with Crippen LogP contribution in [0, 0.1) is 26.6 Å². The maximum atomic E-state index is 13.7. The molecule has 0 aliphatic carbocycles. The Labute approximate surface area is 154 Å². The summed E-state index contributed by atoms with van der Waals surface area (Å²) in [6, 6.07) is 10.0. The SMILES string of the molecule is Cc1cc(C)c(NC(=O)COC(=O)c2cc3c(F)cccc3s2)c(C)c1. The lowest BCUT2D eigenvalue weighted by molar-refractivity contribution is -0.119. The molecule has 3 aromatic rings. The molecule has 0 bridgehead atoms. The molecule has 26 heavy (non-hydrogen) atoms. The van der Waals surface area contributed by atoms with Crippen LogP contribution in [0.25, 0.3) is 10.1 Å². The molecule has 1 N–H and O–H groups in total. The number of carbonyl (C=O) groups is 2. The molecular formula is C20H18FNO3S. The molecule has 134 valence electrons. The summed E-state index contributed by atoms with van der Waals surface area (Å²) in [5.74, 6) is -1.44. The van der Waals surface area contributed by atoms with E-state index < -0.39 is 18.5 Å². The van der Waals surface area contributed by atoms with Crippen molar-refractivity contribution >= 4 is 39.0 Å². The predicted octanol–water partition coefficient (Wildman–Crippen LogP) is 4.76. The van der Waals surface area contributed by atoms with Crippen LogP contribution >= 0.6 is 11.3 Å². The minimum Gasteiger partial charge on any atom is -0.451 e. The monoisotopic (exact) mass is 371 g/mol. The second kappa shape index (κ2) is 7.25. The first-order valence-electron chi connectivity index (χ1n) is 8.08. The molecule has 1 amide bonds. The Hall–Kier alpha value is -2.73. The zero-order chi connectivity index (χ0) is 18.8. The number of nitrogens with one attached hydrogen (secondary N) is 1. The van der Waals surface area contributed by atoms with Gasteiger partial charge in [0.05, 0.1) is 0 Å². The molecule has 0 saturated carbocycles. The van der Waals surface area contributed by atoms with Crippen LogP contribution in [0.3, 0.4) is 0 Å². The Kier molecular flexibility index (Phi) is 5.04. The predicted molar refractivity (Wildman–Crippen MR) is 101 cm³/mol. The van der Waals surface area contributed by atoms with Crippen LogP contribution in [0.15, 0.2) is 36.4 Å². The summed E-state index contributed by atoms with van der Waals surface area (Å²) >= 11 is 1.14. The average molecular weight is 371 g/mol. The van der Waals surface area contributed by atoms with E-state index in [1.807, 2.05) is 32.9 Å². The number of amides is 1. The van der Waals surface area contributed by atoms with E-state index in [0.717, 1.165) is 33.7 Å². The molecule has 0 aliphatic rings. The van der Waals surface area contributed by atoms with Crippen molar-refractivity contribution in [1.29, 1.82) is 0 Å². The summed E-state index contributed by atoms with van der Waals surface area (Å²) in [4.78, 5) is 24.5. The van der Waals surface area contributed by atoms with E-state index in [2.05, 4.69) is 5.32 Å². The summed E-state index contributed by atoms with van der Waals surface area (Å²) in [6.07, 6.45) is 0. The topological polar surface area (TPSA) is 55.4 Å². The fraction of sp³-hybridized carbons (Fsp3) is 0.200. The molecule has 0 aliphatic heterocycles. The molecule has 1 aromatic heterocycles. The Balaban J connectivity index is 1.65. The van der Waals surface area contributed by atoms with Crippen LogP contribution in [0.5, 0.6) is 0 Å². The van der Waals surface area contributed by atoms with E-state index in [9.17, 15) is 14.0 Å². The summed E-state index contributed by atoms with van der Waals surface area (Å²) < 4.78 is 19.4. The van der Waals surface area contributed by atoms with Crippen molar-refractivity contribution in [2.45, 2.75) is 20.8 Å². The molecule has 0 spiro atoms. The second-order valence-corrected chi connectivity index (χ2v) is 7.24. The number of thiophene rings is 1. The molecule has 0 radical (unpaired) electrons. The molecule has 2 aromatic carbocycles. The number of carbonyl (C=O) groups excluding carboxylic acids is 2. The number of hydrogen-bond acceptors (Lipinski definition) is 4. The van der Waals surface area contributed by atoms with Gasteiger partial charge >= 0.3 is 5.97 Å². The number of benzene rings is 2. The molecular weight excluding hydrogens is 353 g/mol. The fourth-order valence-electron chi connectivity index (χ4n) is 2.88. The number of fused-ring (bicyclic) bond motifs is 1. The quantitative estimate of drug-likeness (QED) is 0.673. The van der Waals surface area contributed by atoms with Gasteiger partial charge in [-0.15, -0.1) is 11.3 Å². The molecule has 0 saturated heterocycles. The van der Waals surface area contributed by atoms with Crippen molar-refractivity contribution in [1.82, 2.24) is 0 Å². The molecule has 0 unspecified atom stereocenters. The molecule has 4 nitrogen and oxygen atoms in total. The minimum absolute atomic E-state index is 0.264. The van der Waals surface area contributed by atoms with Gasteiger partial charge in [-0.2, -0.15) is 0 Å². The summed E-state index contributed by atoms with van der Waals surface area (Å²) in [7, 11) is 0. The second-order valence-electron chi connectivity index (χ2n) is 6.16. The summed E-state index contributed by atoms with van der Waals surface area (Å²) in [5, 5.41) is 3.15. The standard InChI is InChI=1S/C20H18FNO3S/c1-11-7-12(2)19(13(3)8-11)22-18(23)10-25-20(24)17-9-14-15(21)5-4-6-16(14)26-17/h4-9H,10H2,1-3H3,(H,22,23). The maximum Gasteiger partial charge on any atom is 0.348 e. The number of esters is 1. The smallest absolute Gasteiger partial charge is 0.348 e. The van der Waals surface area contributed by atoms with E-state index in [0.29, 0.717) is 10.1 Å². The molecule has 0 atom stereocenters. The van der Waals surface area contributed by atoms with Crippen molar-refractivity contribution < 1.29 is 18.7 Å². The van der Waals surface area contributed by atoms with E-state index in [1.54, 1.807) is 12.1 Å². The summed E-state index contributed by atoms with van der Waals surface area (Å²) in [6.45, 7) is 5.41. The van der Waals surface area contributed by atoms with Crippen molar-refractivity contribution in [3.05, 3.63) is 63.8 Å². The molecule has 3 rings (SSSR count). The lowest BCUT2D eigenvalue weighted by atomic mass is 10.1. The van der Waals surface area contributed by atoms with E-state index in [-0.39, 0.29) is 10.7 Å². The fourth-order valence-corrected chi connectivity index (χ4v) is 3.85. The van der Waals surface area contributed by atoms with Gasteiger partial charge in [0, 0.05) is 15.8 Å².